The van der Waals surface area contributed by atoms with E-state index >= 15 is 0 Å². The Kier molecular flexibility index (Phi) is 2.90. The van der Waals surface area contributed by atoms with Crippen LogP contribution >= 0.6 is 11.3 Å². The van der Waals surface area contributed by atoms with Crippen LogP contribution < -0.4 is 0 Å². The van der Waals surface area contributed by atoms with E-state index in [9.17, 15) is 4.79 Å². The number of esters is 1. The van der Waals surface area contributed by atoms with Gasteiger partial charge in [-0.3, -0.25) is 0 Å². The smallest absolute Gasteiger partial charge is 0.357 e. The van der Waals surface area contributed by atoms with Crippen molar-refractivity contribution >= 4 is 17.3 Å². The molecule has 2 fully saturated rings. The van der Waals surface area contributed by atoms with Crippen LogP contribution in [0, 0.1) is 11.8 Å². The summed E-state index contributed by atoms with van der Waals surface area (Å²) in [7, 11) is 0. The summed E-state index contributed by atoms with van der Waals surface area (Å²) in [5.74, 6) is 2.07. The number of fused-ring (bicyclic) bond motifs is 2. The molecule has 3 unspecified atom stereocenters. The van der Waals surface area contributed by atoms with E-state index in [1.165, 1.54) is 25.7 Å². The van der Waals surface area contributed by atoms with Gasteiger partial charge >= 0.3 is 5.97 Å². The van der Waals surface area contributed by atoms with Crippen LogP contribution in [0.3, 0.4) is 0 Å². The molecule has 2 bridgehead atoms. The molecule has 0 N–H and O–H groups in total. The Morgan fingerprint density at radius 1 is 1.53 bits per heavy atom. The van der Waals surface area contributed by atoms with E-state index in [-0.39, 0.29) is 5.97 Å². The van der Waals surface area contributed by atoms with E-state index < -0.39 is 0 Å². The van der Waals surface area contributed by atoms with E-state index in [0.717, 1.165) is 16.8 Å². The molecule has 1 aromatic heterocycles. The Morgan fingerprint density at radius 2 is 2.41 bits per heavy atom. The van der Waals surface area contributed by atoms with Crippen LogP contribution in [0.5, 0.6) is 0 Å². The second kappa shape index (κ2) is 4.41. The number of aromatic nitrogens is 1. The number of hydrogen-bond donors (Lipinski definition) is 0. The molecule has 1 heterocycles. The van der Waals surface area contributed by atoms with E-state index in [2.05, 4.69) is 4.98 Å². The first-order chi connectivity index (χ1) is 8.28. The van der Waals surface area contributed by atoms with Gasteiger partial charge in [0, 0.05) is 11.3 Å². The summed E-state index contributed by atoms with van der Waals surface area (Å²) < 4.78 is 4.97. The van der Waals surface area contributed by atoms with E-state index in [4.69, 9.17) is 4.74 Å². The van der Waals surface area contributed by atoms with Crippen molar-refractivity contribution in [2.24, 2.45) is 11.8 Å². The third kappa shape index (κ3) is 1.99. The van der Waals surface area contributed by atoms with Gasteiger partial charge in [0.05, 0.1) is 11.6 Å². The largest absolute Gasteiger partial charge is 0.461 e. The third-order valence-corrected chi connectivity index (χ3v) is 5.04. The van der Waals surface area contributed by atoms with Crippen LogP contribution in [0.1, 0.15) is 54.0 Å². The van der Waals surface area contributed by atoms with Gasteiger partial charge in [-0.15, -0.1) is 11.3 Å². The summed E-state index contributed by atoms with van der Waals surface area (Å²) in [6.07, 6.45) is 5.40. The van der Waals surface area contributed by atoms with Gasteiger partial charge in [0.2, 0.25) is 0 Å². The zero-order chi connectivity index (χ0) is 11.8. The predicted octanol–water partition coefficient (Wildman–Crippen LogP) is 3.22. The van der Waals surface area contributed by atoms with Crippen molar-refractivity contribution in [3.05, 3.63) is 16.1 Å². The SMILES string of the molecule is CCOC(=O)c1csc(C2CC3CCC2C3)n1. The van der Waals surface area contributed by atoms with Gasteiger partial charge in [0.25, 0.3) is 0 Å². The summed E-state index contributed by atoms with van der Waals surface area (Å²) in [4.78, 5) is 16.0. The Bertz CT molecular complexity index is 429. The highest BCUT2D eigenvalue weighted by atomic mass is 32.1. The summed E-state index contributed by atoms with van der Waals surface area (Å²) in [6, 6.07) is 0. The summed E-state index contributed by atoms with van der Waals surface area (Å²) in [5.41, 5.74) is 0.495. The lowest BCUT2D eigenvalue weighted by Crippen LogP contribution is -2.09. The molecule has 0 aliphatic heterocycles. The minimum atomic E-state index is -0.279. The van der Waals surface area contributed by atoms with Crippen LogP contribution in [0.2, 0.25) is 0 Å². The number of ether oxygens (including phenoxy) is 1. The second-order valence-corrected chi connectivity index (χ2v) is 5.96. The highest BCUT2D eigenvalue weighted by molar-refractivity contribution is 7.09. The average molecular weight is 251 g/mol. The van der Waals surface area contributed by atoms with Crippen molar-refractivity contribution in [1.29, 1.82) is 0 Å². The maximum absolute atomic E-state index is 11.6. The molecule has 3 atom stereocenters. The molecule has 2 aliphatic carbocycles. The topological polar surface area (TPSA) is 39.2 Å². The number of carbonyl (C=O) groups is 1. The molecule has 1 aromatic rings. The minimum Gasteiger partial charge on any atom is -0.461 e. The standard InChI is InChI=1S/C13H17NO2S/c1-2-16-13(15)11-7-17-12(14-11)10-6-8-3-4-9(10)5-8/h7-10H,2-6H2,1H3. The van der Waals surface area contributed by atoms with Gasteiger partial charge in [-0.1, -0.05) is 6.42 Å². The number of nitrogens with zero attached hydrogens (tertiary/aromatic N) is 1. The number of thiazole rings is 1. The Hall–Kier alpha value is -0.900. The van der Waals surface area contributed by atoms with Crippen molar-refractivity contribution in [3.63, 3.8) is 0 Å². The molecule has 4 heteroatoms. The van der Waals surface area contributed by atoms with Crippen LogP contribution in [-0.4, -0.2) is 17.6 Å². The monoisotopic (exact) mass is 251 g/mol. The minimum absolute atomic E-state index is 0.279. The lowest BCUT2D eigenvalue weighted by molar-refractivity contribution is 0.0520. The average Bonchev–Trinajstić information content (AvgIpc) is 3.05. The zero-order valence-electron chi connectivity index (χ0n) is 10.0. The highest BCUT2D eigenvalue weighted by Gasteiger charge is 2.41. The van der Waals surface area contributed by atoms with Crippen molar-refractivity contribution in [1.82, 2.24) is 4.98 Å². The Labute approximate surface area is 105 Å². The first-order valence-corrected chi connectivity index (χ1v) is 7.28. The quantitative estimate of drug-likeness (QED) is 0.774. The van der Waals surface area contributed by atoms with Crippen LogP contribution in [-0.2, 0) is 4.74 Å². The summed E-state index contributed by atoms with van der Waals surface area (Å²) in [6.45, 7) is 2.24. The van der Waals surface area contributed by atoms with Gasteiger partial charge < -0.3 is 4.74 Å². The molecule has 3 rings (SSSR count). The first-order valence-electron chi connectivity index (χ1n) is 6.40. The molecule has 92 valence electrons. The van der Waals surface area contributed by atoms with Gasteiger partial charge in [-0.05, 0) is 38.0 Å². The maximum atomic E-state index is 11.6. The molecule has 2 saturated carbocycles. The van der Waals surface area contributed by atoms with Gasteiger partial charge in [0.1, 0.15) is 0 Å². The van der Waals surface area contributed by atoms with Crippen molar-refractivity contribution < 1.29 is 9.53 Å². The fourth-order valence-electron chi connectivity index (χ4n) is 3.30. The van der Waals surface area contributed by atoms with Crippen molar-refractivity contribution in [2.45, 2.75) is 38.5 Å². The predicted molar refractivity (Wildman–Crippen MR) is 66.3 cm³/mol. The number of carbonyl (C=O) groups excluding carboxylic acids is 1. The van der Waals surface area contributed by atoms with E-state index in [1.54, 1.807) is 11.3 Å². The molecule has 3 nitrogen and oxygen atoms in total. The zero-order valence-corrected chi connectivity index (χ0v) is 10.8. The molecular weight excluding hydrogens is 234 g/mol. The molecule has 0 aromatic carbocycles. The van der Waals surface area contributed by atoms with Crippen LogP contribution in [0.25, 0.3) is 0 Å². The van der Waals surface area contributed by atoms with E-state index in [1.807, 2.05) is 12.3 Å². The summed E-state index contributed by atoms with van der Waals surface area (Å²) >= 11 is 1.63. The van der Waals surface area contributed by atoms with Gasteiger partial charge in [-0.25, -0.2) is 9.78 Å². The fourth-order valence-corrected chi connectivity index (χ4v) is 4.30. The molecule has 0 radical (unpaired) electrons. The second-order valence-electron chi connectivity index (χ2n) is 5.07. The molecule has 0 saturated heterocycles. The van der Waals surface area contributed by atoms with Crippen LogP contribution in [0.4, 0.5) is 0 Å². The van der Waals surface area contributed by atoms with Gasteiger partial charge in [0.15, 0.2) is 5.69 Å². The number of rotatable bonds is 3. The third-order valence-electron chi connectivity index (χ3n) is 4.06. The van der Waals surface area contributed by atoms with Crippen molar-refractivity contribution in [2.75, 3.05) is 6.61 Å². The van der Waals surface area contributed by atoms with E-state index in [0.29, 0.717) is 18.2 Å². The molecule has 0 spiro atoms. The lowest BCUT2D eigenvalue weighted by Gasteiger charge is -2.18. The molecular formula is C13H17NO2S. The fraction of sp³-hybridized carbons (Fsp3) is 0.692. The van der Waals surface area contributed by atoms with Crippen LogP contribution in [0.15, 0.2) is 5.38 Å². The lowest BCUT2D eigenvalue weighted by atomic mass is 9.89. The first kappa shape index (κ1) is 11.2. The summed E-state index contributed by atoms with van der Waals surface area (Å²) in [5, 5.41) is 3.00. The van der Waals surface area contributed by atoms with Gasteiger partial charge in [-0.2, -0.15) is 0 Å². The normalized spacial score (nSPS) is 30.8. The molecule has 0 amide bonds. The Morgan fingerprint density at radius 3 is 3.06 bits per heavy atom. The van der Waals surface area contributed by atoms with Crippen molar-refractivity contribution in [3.8, 4) is 0 Å². The Balaban J connectivity index is 1.74. The molecule has 2 aliphatic rings. The number of hydrogen-bond acceptors (Lipinski definition) is 4. The molecule has 17 heavy (non-hydrogen) atoms. The highest BCUT2D eigenvalue weighted by Crippen LogP contribution is 2.53. The maximum Gasteiger partial charge on any atom is 0.357 e.